The van der Waals surface area contributed by atoms with Crippen LogP contribution in [-0.4, -0.2) is 33.7 Å². The number of para-hydroxylation sites is 1. The molecule has 0 aliphatic heterocycles. The Morgan fingerprint density at radius 2 is 1.54 bits per heavy atom. The van der Waals surface area contributed by atoms with Crippen molar-refractivity contribution in [2.45, 2.75) is 13.0 Å². The van der Waals surface area contributed by atoms with Gasteiger partial charge in [-0.05, 0) is 43.3 Å². The topological polar surface area (TPSA) is 57.7 Å². The van der Waals surface area contributed by atoms with Crippen LogP contribution in [0.25, 0.3) is 0 Å². The number of nitrogens with zero attached hydrogens (tertiary/aromatic N) is 2. The normalized spacial score (nSPS) is 12.5. The number of rotatable bonds is 5. The summed E-state index contributed by atoms with van der Waals surface area (Å²) in [7, 11) is -2.14. The summed E-state index contributed by atoms with van der Waals surface area (Å²) in [6, 6.07) is 12.9. The van der Waals surface area contributed by atoms with Gasteiger partial charge in [-0.1, -0.05) is 18.2 Å². The number of carbonyl (C=O) groups is 1. The van der Waals surface area contributed by atoms with E-state index in [4.69, 9.17) is 0 Å². The highest BCUT2D eigenvalue weighted by atomic mass is 32.2. The second-order valence-electron chi connectivity index (χ2n) is 5.44. The molecule has 0 N–H and O–H groups in total. The van der Waals surface area contributed by atoms with Crippen molar-refractivity contribution in [2.24, 2.45) is 0 Å². The van der Waals surface area contributed by atoms with Gasteiger partial charge in [0, 0.05) is 12.7 Å². The van der Waals surface area contributed by atoms with E-state index in [1.807, 2.05) is 6.07 Å². The maximum atomic E-state index is 13.1. The molecule has 0 heterocycles. The lowest BCUT2D eigenvalue weighted by molar-refractivity contribution is -0.119. The Kier molecular flexibility index (Phi) is 5.23. The SMILES string of the molecule is C[C@@H](C(=O)N(C)c1ccccc1)N(c1ccc(F)cc1)S(C)(=O)=O. The van der Waals surface area contributed by atoms with Gasteiger partial charge >= 0.3 is 0 Å². The molecule has 7 heteroatoms. The minimum atomic E-state index is -3.73. The van der Waals surface area contributed by atoms with Crippen LogP contribution in [0.5, 0.6) is 0 Å². The first-order valence-electron chi connectivity index (χ1n) is 7.29. The fourth-order valence-electron chi connectivity index (χ4n) is 2.45. The van der Waals surface area contributed by atoms with E-state index in [0.29, 0.717) is 5.69 Å². The van der Waals surface area contributed by atoms with Crippen LogP contribution in [0, 0.1) is 5.82 Å². The van der Waals surface area contributed by atoms with Crippen molar-refractivity contribution in [2.75, 3.05) is 22.5 Å². The number of carbonyl (C=O) groups excluding carboxylic acids is 1. The van der Waals surface area contributed by atoms with E-state index >= 15 is 0 Å². The van der Waals surface area contributed by atoms with Crippen LogP contribution in [-0.2, 0) is 14.8 Å². The Hall–Kier alpha value is -2.41. The predicted octanol–water partition coefficient (Wildman–Crippen LogP) is 2.64. The monoisotopic (exact) mass is 350 g/mol. The van der Waals surface area contributed by atoms with Gasteiger partial charge in [0.25, 0.3) is 0 Å². The van der Waals surface area contributed by atoms with Crippen molar-refractivity contribution in [3.8, 4) is 0 Å². The van der Waals surface area contributed by atoms with Gasteiger partial charge in [0.2, 0.25) is 15.9 Å². The summed E-state index contributed by atoms with van der Waals surface area (Å²) >= 11 is 0. The van der Waals surface area contributed by atoms with Crippen LogP contribution in [0.4, 0.5) is 15.8 Å². The molecule has 24 heavy (non-hydrogen) atoms. The third-order valence-electron chi connectivity index (χ3n) is 3.62. The van der Waals surface area contributed by atoms with Crippen LogP contribution in [0.2, 0.25) is 0 Å². The van der Waals surface area contributed by atoms with Gasteiger partial charge in [0.15, 0.2) is 0 Å². The van der Waals surface area contributed by atoms with E-state index in [9.17, 15) is 17.6 Å². The molecular formula is C17H19FN2O3S. The molecule has 128 valence electrons. The van der Waals surface area contributed by atoms with E-state index < -0.39 is 27.8 Å². The number of sulfonamides is 1. The first kappa shape index (κ1) is 17.9. The minimum Gasteiger partial charge on any atom is -0.314 e. The first-order chi connectivity index (χ1) is 11.2. The lowest BCUT2D eigenvalue weighted by Crippen LogP contribution is -2.48. The van der Waals surface area contributed by atoms with Crippen molar-refractivity contribution in [3.05, 3.63) is 60.4 Å². The van der Waals surface area contributed by atoms with E-state index in [1.54, 1.807) is 31.3 Å². The minimum absolute atomic E-state index is 0.237. The predicted molar refractivity (Wildman–Crippen MR) is 93.0 cm³/mol. The average molecular weight is 350 g/mol. The number of halogens is 1. The number of hydrogen-bond donors (Lipinski definition) is 0. The molecule has 0 saturated carbocycles. The molecule has 0 radical (unpaired) electrons. The van der Waals surface area contributed by atoms with Gasteiger partial charge < -0.3 is 4.90 Å². The smallest absolute Gasteiger partial charge is 0.250 e. The lowest BCUT2D eigenvalue weighted by atomic mass is 10.2. The Bertz CT molecular complexity index is 807. The maximum Gasteiger partial charge on any atom is 0.250 e. The molecule has 5 nitrogen and oxygen atoms in total. The average Bonchev–Trinajstić information content (AvgIpc) is 2.55. The van der Waals surface area contributed by atoms with Crippen molar-refractivity contribution >= 4 is 27.3 Å². The molecule has 2 aromatic rings. The van der Waals surface area contributed by atoms with Gasteiger partial charge in [0.05, 0.1) is 11.9 Å². The van der Waals surface area contributed by atoms with Crippen LogP contribution >= 0.6 is 0 Å². The van der Waals surface area contributed by atoms with E-state index in [2.05, 4.69) is 0 Å². The zero-order valence-corrected chi connectivity index (χ0v) is 14.5. The molecule has 2 rings (SSSR count). The summed E-state index contributed by atoms with van der Waals surface area (Å²) in [5.41, 5.74) is 0.892. The van der Waals surface area contributed by atoms with Gasteiger partial charge in [-0.25, -0.2) is 12.8 Å². The molecule has 0 fully saturated rings. The van der Waals surface area contributed by atoms with Crippen LogP contribution < -0.4 is 9.21 Å². The number of anilines is 2. The van der Waals surface area contributed by atoms with E-state index in [1.165, 1.54) is 24.0 Å². The highest BCUT2D eigenvalue weighted by Gasteiger charge is 2.31. The van der Waals surface area contributed by atoms with Crippen molar-refractivity contribution in [3.63, 3.8) is 0 Å². The van der Waals surface area contributed by atoms with Gasteiger partial charge in [0.1, 0.15) is 11.9 Å². The maximum absolute atomic E-state index is 13.1. The summed E-state index contributed by atoms with van der Waals surface area (Å²) in [6.45, 7) is 1.51. The Morgan fingerprint density at radius 3 is 2.04 bits per heavy atom. The van der Waals surface area contributed by atoms with Crippen molar-refractivity contribution in [1.82, 2.24) is 0 Å². The summed E-state index contributed by atoms with van der Waals surface area (Å²) < 4.78 is 38.5. The lowest BCUT2D eigenvalue weighted by Gasteiger charge is -2.31. The molecule has 2 aromatic carbocycles. The molecule has 0 aliphatic carbocycles. The summed E-state index contributed by atoms with van der Waals surface area (Å²) in [4.78, 5) is 14.1. The highest BCUT2D eigenvalue weighted by molar-refractivity contribution is 7.92. The fraction of sp³-hybridized carbons (Fsp3) is 0.235. The van der Waals surface area contributed by atoms with Gasteiger partial charge in [-0.3, -0.25) is 9.10 Å². The third-order valence-corrected chi connectivity index (χ3v) is 4.86. The van der Waals surface area contributed by atoms with Crippen molar-refractivity contribution in [1.29, 1.82) is 0 Å². The Morgan fingerprint density at radius 1 is 1.00 bits per heavy atom. The quantitative estimate of drug-likeness (QED) is 0.833. The van der Waals surface area contributed by atoms with Crippen LogP contribution in [0.15, 0.2) is 54.6 Å². The first-order valence-corrected chi connectivity index (χ1v) is 9.14. The Balaban J connectivity index is 2.36. The summed E-state index contributed by atoms with van der Waals surface area (Å²) in [5.74, 6) is -0.872. The standard InChI is InChI=1S/C17H19FN2O3S/c1-13(17(21)19(2)15-7-5-4-6-8-15)20(24(3,22)23)16-11-9-14(18)10-12-16/h4-13H,1-3H3/t13-/m0/s1. The largest absolute Gasteiger partial charge is 0.314 e. The Labute approximate surface area is 141 Å². The second-order valence-corrected chi connectivity index (χ2v) is 7.30. The van der Waals surface area contributed by atoms with Crippen LogP contribution in [0.3, 0.4) is 0 Å². The molecule has 0 aliphatic rings. The van der Waals surface area contributed by atoms with Gasteiger partial charge in [-0.15, -0.1) is 0 Å². The number of amides is 1. The zero-order valence-electron chi connectivity index (χ0n) is 13.7. The number of hydrogen-bond acceptors (Lipinski definition) is 3. The molecule has 0 saturated heterocycles. The fourth-order valence-corrected chi connectivity index (χ4v) is 3.62. The second kappa shape index (κ2) is 7.00. The third kappa shape index (κ3) is 3.91. The zero-order chi connectivity index (χ0) is 17.9. The number of benzene rings is 2. The molecule has 0 aromatic heterocycles. The molecule has 0 unspecified atom stereocenters. The number of likely N-dealkylation sites (N-methyl/N-ethyl adjacent to an activating group) is 1. The van der Waals surface area contributed by atoms with E-state index in [-0.39, 0.29) is 5.69 Å². The molecule has 1 amide bonds. The van der Waals surface area contributed by atoms with Crippen LogP contribution in [0.1, 0.15) is 6.92 Å². The molecular weight excluding hydrogens is 331 g/mol. The molecule has 1 atom stereocenters. The van der Waals surface area contributed by atoms with Crippen molar-refractivity contribution < 1.29 is 17.6 Å². The highest BCUT2D eigenvalue weighted by Crippen LogP contribution is 2.23. The molecule has 0 spiro atoms. The van der Waals surface area contributed by atoms with Gasteiger partial charge in [-0.2, -0.15) is 0 Å². The summed E-state index contributed by atoms with van der Waals surface area (Å²) in [5, 5.41) is 0. The van der Waals surface area contributed by atoms with E-state index in [0.717, 1.165) is 22.7 Å². The summed E-state index contributed by atoms with van der Waals surface area (Å²) in [6.07, 6.45) is 1.02. The molecule has 0 bridgehead atoms.